The highest BCUT2D eigenvalue weighted by atomic mass is 16.6. The summed E-state index contributed by atoms with van der Waals surface area (Å²) in [5.74, 6) is -0.523. The lowest BCUT2D eigenvalue weighted by Gasteiger charge is -2.35. The molecule has 1 aliphatic carbocycles. The van der Waals surface area contributed by atoms with Crippen LogP contribution in [0, 0.1) is 0 Å². The lowest BCUT2D eigenvalue weighted by atomic mass is 9.94. The van der Waals surface area contributed by atoms with Crippen LogP contribution in [0.5, 0.6) is 5.75 Å². The molecule has 0 saturated heterocycles. The SMILES string of the molecule is C=Cc1cccc(C(C(=O)NC2CCCCC2)N(CCC)C(=O)C(Cc2ccc(O)cc2)NC(=O)OC(C)(C)C)c1. The predicted octanol–water partition coefficient (Wildman–Crippen LogP) is 5.90. The van der Waals surface area contributed by atoms with Crippen molar-refractivity contribution in [2.75, 3.05) is 6.54 Å². The molecule has 3 N–H and O–H groups in total. The van der Waals surface area contributed by atoms with Crippen LogP contribution in [0.2, 0.25) is 0 Å². The molecule has 3 amide bonds. The van der Waals surface area contributed by atoms with Gasteiger partial charge in [-0.25, -0.2) is 4.79 Å². The summed E-state index contributed by atoms with van der Waals surface area (Å²) in [5, 5.41) is 15.7. The van der Waals surface area contributed by atoms with E-state index in [2.05, 4.69) is 17.2 Å². The van der Waals surface area contributed by atoms with Crippen LogP contribution in [-0.2, 0) is 20.7 Å². The Kier molecular flexibility index (Phi) is 11.4. The van der Waals surface area contributed by atoms with Gasteiger partial charge in [0.1, 0.15) is 23.4 Å². The minimum atomic E-state index is -1.01. The van der Waals surface area contributed by atoms with Crippen LogP contribution in [0.4, 0.5) is 4.79 Å². The van der Waals surface area contributed by atoms with Crippen molar-refractivity contribution in [1.29, 1.82) is 0 Å². The predicted molar refractivity (Wildman–Crippen MR) is 161 cm³/mol. The number of nitrogens with one attached hydrogen (secondary N) is 2. The number of amides is 3. The first-order valence-corrected chi connectivity index (χ1v) is 14.6. The molecular formula is C33H45N3O5. The maximum absolute atomic E-state index is 14.4. The molecule has 41 heavy (non-hydrogen) atoms. The van der Waals surface area contributed by atoms with E-state index < -0.39 is 29.7 Å². The molecule has 0 radical (unpaired) electrons. The lowest BCUT2D eigenvalue weighted by molar-refractivity contribution is -0.142. The molecule has 8 heteroatoms. The molecule has 2 aromatic rings. The number of phenols is 1. The summed E-state index contributed by atoms with van der Waals surface area (Å²) in [6.45, 7) is 11.4. The molecular weight excluding hydrogens is 518 g/mol. The Morgan fingerprint density at radius 1 is 1.10 bits per heavy atom. The first-order chi connectivity index (χ1) is 19.5. The van der Waals surface area contributed by atoms with E-state index in [1.807, 2.05) is 31.2 Å². The summed E-state index contributed by atoms with van der Waals surface area (Å²) in [6.07, 6.45) is 6.87. The number of carbonyl (C=O) groups is 3. The maximum atomic E-state index is 14.4. The quantitative estimate of drug-likeness (QED) is 0.316. The summed E-state index contributed by atoms with van der Waals surface area (Å²) >= 11 is 0. The zero-order valence-corrected chi connectivity index (χ0v) is 24.8. The monoisotopic (exact) mass is 563 g/mol. The van der Waals surface area contributed by atoms with Crippen molar-refractivity contribution < 1.29 is 24.2 Å². The molecule has 222 valence electrons. The zero-order valence-electron chi connectivity index (χ0n) is 24.8. The average Bonchev–Trinajstić information content (AvgIpc) is 2.93. The molecule has 2 unspecified atom stereocenters. The van der Waals surface area contributed by atoms with Gasteiger partial charge in [0.25, 0.3) is 0 Å². The highest BCUT2D eigenvalue weighted by Gasteiger charge is 2.37. The molecule has 0 heterocycles. The number of rotatable bonds is 11. The van der Waals surface area contributed by atoms with Crippen LogP contribution >= 0.6 is 0 Å². The van der Waals surface area contributed by atoms with Crippen LogP contribution in [0.3, 0.4) is 0 Å². The molecule has 0 spiro atoms. The maximum Gasteiger partial charge on any atom is 0.408 e. The molecule has 1 fully saturated rings. The summed E-state index contributed by atoms with van der Waals surface area (Å²) in [6, 6.07) is 12.1. The first kappa shape index (κ1) is 31.7. The van der Waals surface area contributed by atoms with Crippen LogP contribution in [0.15, 0.2) is 55.1 Å². The van der Waals surface area contributed by atoms with Crippen LogP contribution < -0.4 is 10.6 Å². The topological polar surface area (TPSA) is 108 Å². The minimum absolute atomic E-state index is 0.0626. The van der Waals surface area contributed by atoms with Gasteiger partial charge in [-0.1, -0.05) is 69.2 Å². The Morgan fingerprint density at radius 2 is 1.78 bits per heavy atom. The van der Waals surface area contributed by atoms with Gasteiger partial charge in [0, 0.05) is 19.0 Å². The molecule has 0 bridgehead atoms. The Bertz CT molecular complexity index is 1180. The number of carbonyl (C=O) groups excluding carboxylic acids is 3. The number of benzene rings is 2. The molecule has 2 atom stereocenters. The van der Waals surface area contributed by atoms with Crippen molar-refractivity contribution in [1.82, 2.24) is 15.5 Å². The number of hydrogen-bond acceptors (Lipinski definition) is 5. The Balaban J connectivity index is 2.01. The number of hydrogen-bond donors (Lipinski definition) is 3. The molecule has 8 nitrogen and oxygen atoms in total. The third-order valence-electron chi connectivity index (χ3n) is 7.09. The Hall–Kier alpha value is -3.81. The van der Waals surface area contributed by atoms with Gasteiger partial charge in [-0.2, -0.15) is 0 Å². The third-order valence-corrected chi connectivity index (χ3v) is 7.09. The van der Waals surface area contributed by atoms with E-state index in [9.17, 15) is 19.5 Å². The number of alkyl carbamates (subject to hydrolysis) is 1. The minimum Gasteiger partial charge on any atom is -0.508 e. The van der Waals surface area contributed by atoms with Crippen molar-refractivity contribution in [3.8, 4) is 5.75 Å². The fraction of sp³-hybridized carbons (Fsp3) is 0.485. The molecule has 1 aliphatic rings. The fourth-order valence-corrected chi connectivity index (χ4v) is 5.18. The molecule has 3 rings (SSSR count). The fourth-order valence-electron chi connectivity index (χ4n) is 5.18. The summed E-state index contributed by atoms with van der Waals surface area (Å²) in [5.41, 5.74) is 1.51. The van der Waals surface area contributed by atoms with Gasteiger partial charge < -0.3 is 25.4 Å². The van der Waals surface area contributed by atoms with Gasteiger partial charge >= 0.3 is 6.09 Å². The summed E-state index contributed by atoms with van der Waals surface area (Å²) in [7, 11) is 0. The number of phenolic OH excluding ortho intramolecular Hbond substituents is 1. The number of nitrogens with zero attached hydrogens (tertiary/aromatic N) is 1. The standard InChI is InChI=1S/C33H45N3O5/c1-6-20-36(29(25-13-11-12-23(7-2)21-25)30(38)34-26-14-9-8-10-15-26)31(39)28(35-32(40)41-33(3,4)5)22-24-16-18-27(37)19-17-24/h7,11-13,16-19,21,26,28-29,37H,2,6,8-10,14-15,20,22H2,1,3-5H3,(H,34,38)(H,35,40). The van der Waals surface area contributed by atoms with Gasteiger partial charge in [0.15, 0.2) is 0 Å². The van der Waals surface area contributed by atoms with E-state index in [1.54, 1.807) is 43.9 Å². The van der Waals surface area contributed by atoms with Crippen LogP contribution in [-0.4, -0.2) is 52.1 Å². The second-order valence-corrected chi connectivity index (χ2v) is 11.7. The van der Waals surface area contributed by atoms with Crippen molar-refractivity contribution in [2.45, 2.75) is 96.4 Å². The Morgan fingerprint density at radius 3 is 2.39 bits per heavy atom. The van der Waals surface area contributed by atoms with Gasteiger partial charge in [-0.15, -0.1) is 0 Å². The lowest BCUT2D eigenvalue weighted by Crippen LogP contribution is -2.54. The first-order valence-electron chi connectivity index (χ1n) is 14.6. The van der Waals surface area contributed by atoms with Crippen molar-refractivity contribution in [3.05, 3.63) is 71.8 Å². The second kappa shape index (κ2) is 14.7. The number of aromatic hydroxyl groups is 1. The summed E-state index contributed by atoms with van der Waals surface area (Å²) < 4.78 is 5.49. The molecule has 0 aliphatic heterocycles. The van der Waals surface area contributed by atoms with E-state index >= 15 is 0 Å². The van der Waals surface area contributed by atoms with E-state index in [-0.39, 0.29) is 24.1 Å². The van der Waals surface area contributed by atoms with Crippen molar-refractivity contribution in [2.24, 2.45) is 0 Å². The normalized spacial score (nSPS) is 15.3. The van der Waals surface area contributed by atoms with E-state index in [4.69, 9.17) is 4.74 Å². The van der Waals surface area contributed by atoms with Gasteiger partial charge in [-0.05, 0) is 74.9 Å². The van der Waals surface area contributed by atoms with E-state index in [0.717, 1.165) is 43.2 Å². The third kappa shape index (κ3) is 9.66. The van der Waals surface area contributed by atoms with E-state index in [0.29, 0.717) is 18.5 Å². The van der Waals surface area contributed by atoms with Gasteiger partial charge in [0.2, 0.25) is 11.8 Å². The molecule has 1 saturated carbocycles. The molecule has 2 aromatic carbocycles. The van der Waals surface area contributed by atoms with Gasteiger partial charge in [0.05, 0.1) is 0 Å². The molecule has 0 aromatic heterocycles. The Labute approximate surface area is 244 Å². The smallest absolute Gasteiger partial charge is 0.408 e. The largest absolute Gasteiger partial charge is 0.508 e. The second-order valence-electron chi connectivity index (χ2n) is 11.7. The highest BCUT2D eigenvalue weighted by molar-refractivity contribution is 5.92. The van der Waals surface area contributed by atoms with Crippen molar-refractivity contribution in [3.63, 3.8) is 0 Å². The summed E-state index contributed by atoms with van der Waals surface area (Å²) in [4.78, 5) is 42.8. The highest BCUT2D eigenvalue weighted by Crippen LogP contribution is 2.27. The number of ether oxygens (including phenoxy) is 1. The zero-order chi connectivity index (χ0) is 30.0. The van der Waals surface area contributed by atoms with Crippen molar-refractivity contribution >= 4 is 24.0 Å². The van der Waals surface area contributed by atoms with Gasteiger partial charge in [-0.3, -0.25) is 9.59 Å². The van der Waals surface area contributed by atoms with Crippen LogP contribution in [0.25, 0.3) is 6.08 Å². The van der Waals surface area contributed by atoms with Crippen LogP contribution in [0.1, 0.15) is 89.0 Å². The average molecular weight is 564 g/mol. The van der Waals surface area contributed by atoms with E-state index in [1.165, 1.54) is 12.1 Å².